The molecule has 0 saturated carbocycles. The average molecular weight is 416 g/mol. The van der Waals surface area contributed by atoms with Gasteiger partial charge in [-0.25, -0.2) is 13.1 Å². The summed E-state index contributed by atoms with van der Waals surface area (Å²) in [5, 5.41) is 0.895. The number of rotatable bonds is 7. The second kappa shape index (κ2) is 8.86. The fraction of sp³-hybridized carbons (Fsp3) is 0.278. The molecule has 0 atom stereocenters. The molecule has 0 bridgehead atoms. The van der Waals surface area contributed by atoms with Gasteiger partial charge in [0, 0.05) is 22.2 Å². The second-order valence-electron chi connectivity index (χ2n) is 5.79. The van der Waals surface area contributed by atoms with E-state index < -0.39 is 16.0 Å². The third-order valence-corrected chi connectivity index (χ3v) is 5.86. The van der Waals surface area contributed by atoms with Crippen LogP contribution in [-0.4, -0.2) is 20.9 Å². The molecule has 5 nitrogen and oxygen atoms in total. The Kier molecular flexibility index (Phi) is 7.06. The molecule has 2 rings (SSSR count). The molecular weight excluding hydrogens is 397 g/mol. The van der Waals surface area contributed by atoms with Crippen LogP contribution < -0.4 is 4.72 Å². The standard InChI is InChI=1S/C18H19Cl2NO4S/c1-12-3-6-16(9-13(12)2)26(23,24)21-8-7-18(22)25-11-14-4-5-15(19)10-17(14)20/h3-6,9-10,21H,7-8,11H2,1-2H3. The van der Waals surface area contributed by atoms with Gasteiger partial charge in [-0.05, 0) is 49.2 Å². The summed E-state index contributed by atoms with van der Waals surface area (Å²) in [6.45, 7) is 3.69. The molecule has 0 aromatic heterocycles. The topological polar surface area (TPSA) is 72.5 Å². The van der Waals surface area contributed by atoms with Crippen molar-refractivity contribution < 1.29 is 17.9 Å². The summed E-state index contributed by atoms with van der Waals surface area (Å²) in [5.74, 6) is -0.529. The maximum Gasteiger partial charge on any atom is 0.307 e. The van der Waals surface area contributed by atoms with Gasteiger partial charge in [0.2, 0.25) is 10.0 Å². The van der Waals surface area contributed by atoms with Gasteiger partial charge in [-0.15, -0.1) is 0 Å². The maximum absolute atomic E-state index is 12.2. The summed E-state index contributed by atoms with van der Waals surface area (Å²) in [6.07, 6.45) is -0.0880. The minimum absolute atomic E-state index is 0.00125. The Morgan fingerprint density at radius 1 is 1.08 bits per heavy atom. The zero-order valence-electron chi connectivity index (χ0n) is 14.4. The molecule has 0 amide bonds. The molecule has 2 aromatic carbocycles. The van der Waals surface area contributed by atoms with Crippen molar-refractivity contribution in [1.82, 2.24) is 4.72 Å². The normalized spacial score (nSPS) is 11.4. The first-order valence-electron chi connectivity index (χ1n) is 7.85. The van der Waals surface area contributed by atoms with E-state index in [-0.39, 0.29) is 24.5 Å². The highest BCUT2D eigenvalue weighted by atomic mass is 35.5. The van der Waals surface area contributed by atoms with Gasteiger partial charge in [-0.3, -0.25) is 4.79 Å². The molecule has 0 radical (unpaired) electrons. The largest absolute Gasteiger partial charge is 0.461 e. The minimum atomic E-state index is -3.67. The van der Waals surface area contributed by atoms with Gasteiger partial charge in [0.25, 0.3) is 0 Å². The zero-order chi connectivity index (χ0) is 19.3. The van der Waals surface area contributed by atoms with Gasteiger partial charge in [-0.2, -0.15) is 0 Å². The van der Waals surface area contributed by atoms with Crippen molar-refractivity contribution >= 4 is 39.2 Å². The Morgan fingerprint density at radius 3 is 2.46 bits per heavy atom. The molecular formula is C18H19Cl2NO4S. The summed E-state index contributed by atoms with van der Waals surface area (Å²) in [4.78, 5) is 12.0. The van der Waals surface area contributed by atoms with Crippen LogP contribution in [0.25, 0.3) is 0 Å². The van der Waals surface area contributed by atoms with Gasteiger partial charge in [0.1, 0.15) is 6.61 Å². The third kappa shape index (κ3) is 5.71. The van der Waals surface area contributed by atoms with Crippen molar-refractivity contribution in [2.75, 3.05) is 6.54 Å². The van der Waals surface area contributed by atoms with Gasteiger partial charge in [0.05, 0.1) is 11.3 Å². The molecule has 26 heavy (non-hydrogen) atoms. The van der Waals surface area contributed by atoms with Crippen LogP contribution in [0.4, 0.5) is 0 Å². The molecule has 0 spiro atoms. The van der Waals surface area contributed by atoms with Crippen LogP contribution in [0.5, 0.6) is 0 Å². The van der Waals surface area contributed by atoms with E-state index in [9.17, 15) is 13.2 Å². The van der Waals surface area contributed by atoms with E-state index in [0.29, 0.717) is 15.6 Å². The van der Waals surface area contributed by atoms with E-state index in [2.05, 4.69) is 4.72 Å². The quantitative estimate of drug-likeness (QED) is 0.692. The number of carbonyl (C=O) groups excluding carboxylic acids is 1. The first-order valence-corrected chi connectivity index (χ1v) is 10.1. The number of carbonyl (C=O) groups is 1. The first-order chi connectivity index (χ1) is 12.2. The fourth-order valence-electron chi connectivity index (χ4n) is 2.12. The van der Waals surface area contributed by atoms with Crippen molar-refractivity contribution in [3.05, 3.63) is 63.1 Å². The summed E-state index contributed by atoms with van der Waals surface area (Å²) in [6, 6.07) is 9.75. The van der Waals surface area contributed by atoms with E-state index >= 15 is 0 Å². The molecule has 0 aliphatic carbocycles. The fourth-order valence-corrected chi connectivity index (χ4v) is 3.70. The molecule has 0 heterocycles. The van der Waals surface area contributed by atoms with Crippen molar-refractivity contribution in [3.63, 3.8) is 0 Å². The Balaban J connectivity index is 1.84. The molecule has 1 N–H and O–H groups in total. The smallest absolute Gasteiger partial charge is 0.307 e. The van der Waals surface area contributed by atoms with E-state index in [1.807, 2.05) is 13.8 Å². The predicted molar refractivity (Wildman–Crippen MR) is 102 cm³/mol. The summed E-state index contributed by atoms with van der Waals surface area (Å²) < 4.78 is 32.0. The Hall–Kier alpha value is -1.60. The van der Waals surface area contributed by atoms with E-state index in [1.165, 1.54) is 6.07 Å². The van der Waals surface area contributed by atoms with Crippen LogP contribution in [-0.2, 0) is 26.2 Å². The summed E-state index contributed by atoms with van der Waals surface area (Å²) in [7, 11) is -3.67. The highest BCUT2D eigenvalue weighted by Gasteiger charge is 2.15. The minimum Gasteiger partial charge on any atom is -0.461 e. The molecule has 0 aliphatic heterocycles. The SMILES string of the molecule is Cc1ccc(S(=O)(=O)NCCC(=O)OCc2ccc(Cl)cc2Cl)cc1C. The Labute approximate surface area is 163 Å². The van der Waals surface area contributed by atoms with Crippen LogP contribution in [0.2, 0.25) is 10.0 Å². The average Bonchev–Trinajstić information content (AvgIpc) is 2.56. The Bertz CT molecular complexity index is 913. The molecule has 0 aliphatic rings. The van der Waals surface area contributed by atoms with Crippen LogP contribution >= 0.6 is 23.2 Å². The van der Waals surface area contributed by atoms with Gasteiger partial charge < -0.3 is 4.74 Å². The van der Waals surface area contributed by atoms with Crippen LogP contribution in [0.15, 0.2) is 41.3 Å². The highest BCUT2D eigenvalue weighted by Crippen LogP contribution is 2.21. The number of halogens is 2. The maximum atomic E-state index is 12.2. The summed E-state index contributed by atoms with van der Waals surface area (Å²) >= 11 is 11.8. The number of esters is 1. The van der Waals surface area contributed by atoms with Crippen molar-refractivity contribution in [1.29, 1.82) is 0 Å². The molecule has 0 unspecified atom stereocenters. The molecule has 140 valence electrons. The predicted octanol–water partition coefficient (Wildman–Crippen LogP) is 4.02. The molecule has 2 aromatic rings. The third-order valence-electron chi connectivity index (χ3n) is 3.81. The van der Waals surface area contributed by atoms with Gasteiger partial charge in [0.15, 0.2) is 0 Å². The second-order valence-corrected chi connectivity index (χ2v) is 8.40. The highest BCUT2D eigenvalue weighted by molar-refractivity contribution is 7.89. The van der Waals surface area contributed by atoms with E-state index in [0.717, 1.165) is 11.1 Å². The Morgan fingerprint density at radius 2 is 1.81 bits per heavy atom. The van der Waals surface area contributed by atoms with Gasteiger partial charge in [-0.1, -0.05) is 35.3 Å². The number of aryl methyl sites for hydroxylation is 2. The zero-order valence-corrected chi connectivity index (χ0v) is 16.7. The molecule has 8 heteroatoms. The monoisotopic (exact) mass is 415 g/mol. The lowest BCUT2D eigenvalue weighted by molar-refractivity contribution is -0.144. The number of benzene rings is 2. The lowest BCUT2D eigenvalue weighted by Crippen LogP contribution is -2.26. The lowest BCUT2D eigenvalue weighted by Gasteiger charge is -2.09. The molecule has 0 fully saturated rings. The van der Waals surface area contributed by atoms with Crippen molar-refractivity contribution in [2.24, 2.45) is 0 Å². The number of hydrogen-bond donors (Lipinski definition) is 1. The number of hydrogen-bond acceptors (Lipinski definition) is 4. The van der Waals surface area contributed by atoms with Crippen LogP contribution in [0.1, 0.15) is 23.1 Å². The van der Waals surface area contributed by atoms with Gasteiger partial charge >= 0.3 is 5.97 Å². The van der Waals surface area contributed by atoms with Crippen molar-refractivity contribution in [2.45, 2.75) is 31.8 Å². The number of ether oxygens (including phenoxy) is 1. The van der Waals surface area contributed by atoms with Crippen LogP contribution in [0.3, 0.4) is 0 Å². The first kappa shape index (κ1) is 20.7. The molecule has 0 saturated heterocycles. The van der Waals surface area contributed by atoms with E-state index in [4.69, 9.17) is 27.9 Å². The summed E-state index contributed by atoms with van der Waals surface area (Å²) in [5.41, 5.74) is 2.51. The lowest BCUT2D eigenvalue weighted by atomic mass is 10.1. The van der Waals surface area contributed by atoms with Crippen LogP contribution in [0, 0.1) is 13.8 Å². The van der Waals surface area contributed by atoms with E-state index in [1.54, 1.807) is 30.3 Å². The van der Waals surface area contributed by atoms with Crippen molar-refractivity contribution in [3.8, 4) is 0 Å². The number of nitrogens with one attached hydrogen (secondary N) is 1. The number of sulfonamides is 1.